The highest BCUT2D eigenvalue weighted by atomic mass is 16.6. The van der Waals surface area contributed by atoms with Crippen molar-refractivity contribution >= 4 is 11.8 Å². The molecule has 7 nitrogen and oxygen atoms in total. The second kappa shape index (κ2) is 4.52. The Balaban J connectivity index is 2.19. The first-order valence-electron chi connectivity index (χ1n) is 5.42. The van der Waals surface area contributed by atoms with Crippen molar-refractivity contribution in [1.82, 2.24) is 9.78 Å². The molecular formula is C10H13N3O4. The van der Waals surface area contributed by atoms with E-state index in [0.29, 0.717) is 12.5 Å². The Kier molecular flexibility index (Phi) is 3.08. The van der Waals surface area contributed by atoms with Crippen LogP contribution in [0.3, 0.4) is 0 Å². The zero-order valence-electron chi connectivity index (χ0n) is 9.46. The third-order valence-electron chi connectivity index (χ3n) is 2.79. The average Bonchev–Trinajstić information content (AvgIpc) is 3.03. The summed E-state index contributed by atoms with van der Waals surface area (Å²) in [7, 11) is 1.24. The van der Waals surface area contributed by atoms with Crippen molar-refractivity contribution < 1.29 is 14.5 Å². The van der Waals surface area contributed by atoms with Gasteiger partial charge in [-0.05, 0) is 17.3 Å². The number of methoxy groups -OCH3 is 1. The van der Waals surface area contributed by atoms with Crippen LogP contribution in [0.1, 0.15) is 29.8 Å². The maximum absolute atomic E-state index is 11.4. The number of aryl methyl sites for hydroxylation is 1. The fraction of sp³-hybridized carbons (Fsp3) is 0.600. The van der Waals surface area contributed by atoms with E-state index in [4.69, 9.17) is 0 Å². The van der Waals surface area contributed by atoms with Gasteiger partial charge in [-0.15, -0.1) is 0 Å². The molecule has 92 valence electrons. The molecule has 0 amide bonds. The number of hydrogen-bond donors (Lipinski definition) is 0. The van der Waals surface area contributed by atoms with Crippen LogP contribution in [0, 0.1) is 16.0 Å². The van der Waals surface area contributed by atoms with E-state index in [1.807, 2.05) is 0 Å². The lowest BCUT2D eigenvalue weighted by molar-refractivity contribution is -0.389. The van der Waals surface area contributed by atoms with E-state index in [-0.39, 0.29) is 11.5 Å². The van der Waals surface area contributed by atoms with Gasteiger partial charge in [-0.2, -0.15) is 4.68 Å². The van der Waals surface area contributed by atoms with E-state index in [1.165, 1.54) is 24.6 Å². The topological polar surface area (TPSA) is 87.3 Å². The summed E-state index contributed by atoms with van der Waals surface area (Å²) in [5.74, 6) is -0.244. The molecule has 0 N–H and O–H groups in total. The Morgan fingerprint density at radius 1 is 1.71 bits per heavy atom. The number of hydrogen-bond acceptors (Lipinski definition) is 5. The molecule has 0 saturated heterocycles. The number of nitro groups is 1. The summed E-state index contributed by atoms with van der Waals surface area (Å²) in [5.41, 5.74) is 0.139. The molecule has 2 rings (SSSR count). The largest absolute Gasteiger partial charge is 0.464 e. The van der Waals surface area contributed by atoms with Crippen molar-refractivity contribution in [3.63, 3.8) is 0 Å². The number of ether oxygens (including phenoxy) is 1. The first-order chi connectivity index (χ1) is 8.11. The first kappa shape index (κ1) is 11.6. The normalized spacial score (nSPS) is 14.6. The highest BCUT2D eigenvalue weighted by Gasteiger charge is 2.26. The molecular weight excluding hydrogens is 226 g/mol. The van der Waals surface area contributed by atoms with Crippen LogP contribution in [0.4, 0.5) is 5.82 Å². The lowest BCUT2D eigenvalue weighted by atomic mass is 10.3. The van der Waals surface area contributed by atoms with E-state index in [0.717, 1.165) is 12.5 Å². The van der Waals surface area contributed by atoms with Gasteiger partial charge < -0.3 is 14.9 Å². The first-order valence-corrected chi connectivity index (χ1v) is 5.42. The lowest BCUT2D eigenvalue weighted by Gasteiger charge is -2.00. The quantitative estimate of drug-likeness (QED) is 0.440. The number of carbonyl (C=O) groups is 1. The Hall–Kier alpha value is -1.92. The number of rotatable bonds is 5. The summed E-state index contributed by atoms with van der Waals surface area (Å²) in [5, 5.41) is 14.4. The molecule has 1 heterocycles. The van der Waals surface area contributed by atoms with Crippen LogP contribution in [0.15, 0.2) is 6.07 Å². The standard InChI is InChI=1S/C10H13N3O4/c1-17-10(14)8-6-9(13(15)16)11-12(8)5-4-7-2-3-7/h6-7H,2-5H2,1H3. The van der Waals surface area contributed by atoms with E-state index in [2.05, 4.69) is 9.84 Å². The van der Waals surface area contributed by atoms with Gasteiger partial charge in [0.2, 0.25) is 0 Å². The van der Waals surface area contributed by atoms with Gasteiger partial charge in [0.1, 0.15) is 0 Å². The van der Waals surface area contributed by atoms with Crippen LogP contribution < -0.4 is 0 Å². The minimum absolute atomic E-state index is 0.139. The molecule has 1 saturated carbocycles. The van der Waals surface area contributed by atoms with Crippen molar-refractivity contribution in [3.8, 4) is 0 Å². The van der Waals surface area contributed by atoms with Gasteiger partial charge in [-0.25, -0.2) is 4.79 Å². The van der Waals surface area contributed by atoms with Crippen LogP contribution in [0.5, 0.6) is 0 Å². The van der Waals surface area contributed by atoms with E-state index in [9.17, 15) is 14.9 Å². The molecule has 0 atom stereocenters. The van der Waals surface area contributed by atoms with Crippen LogP contribution in [0.25, 0.3) is 0 Å². The van der Waals surface area contributed by atoms with E-state index in [1.54, 1.807) is 0 Å². The molecule has 0 radical (unpaired) electrons. The maximum Gasteiger partial charge on any atom is 0.390 e. The van der Waals surface area contributed by atoms with Crippen LogP contribution >= 0.6 is 0 Å². The van der Waals surface area contributed by atoms with Gasteiger partial charge in [0.25, 0.3) is 0 Å². The fourth-order valence-corrected chi connectivity index (χ4v) is 1.64. The monoisotopic (exact) mass is 239 g/mol. The third kappa shape index (κ3) is 2.61. The minimum atomic E-state index is -0.611. The van der Waals surface area contributed by atoms with Gasteiger partial charge in [-0.3, -0.25) is 0 Å². The average molecular weight is 239 g/mol. The zero-order chi connectivity index (χ0) is 12.4. The molecule has 0 bridgehead atoms. The summed E-state index contributed by atoms with van der Waals surface area (Å²) in [4.78, 5) is 21.4. The number of nitrogens with zero attached hydrogens (tertiary/aromatic N) is 3. The van der Waals surface area contributed by atoms with Crippen LogP contribution in [0.2, 0.25) is 0 Å². The second-order valence-corrected chi connectivity index (χ2v) is 4.09. The number of esters is 1. The SMILES string of the molecule is COC(=O)c1cc([N+](=O)[O-])nn1CCC1CC1. The molecule has 0 unspecified atom stereocenters. The molecule has 0 spiro atoms. The van der Waals surface area contributed by atoms with Gasteiger partial charge in [-0.1, -0.05) is 12.8 Å². The van der Waals surface area contributed by atoms with Crippen LogP contribution in [-0.2, 0) is 11.3 Å². The van der Waals surface area contributed by atoms with Crippen molar-refractivity contribution in [2.45, 2.75) is 25.8 Å². The van der Waals surface area contributed by atoms with Gasteiger partial charge in [0.15, 0.2) is 5.69 Å². The maximum atomic E-state index is 11.4. The van der Waals surface area contributed by atoms with Crippen molar-refractivity contribution in [3.05, 3.63) is 21.9 Å². The molecule has 1 aromatic heterocycles. The summed E-state index contributed by atoms with van der Waals surface area (Å²) < 4.78 is 5.93. The summed E-state index contributed by atoms with van der Waals surface area (Å²) in [6.45, 7) is 0.517. The molecule has 1 aliphatic carbocycles. The zero-order valence-corrected chi connectivity index (χ0v) is 9.46. The van der Waals surface area contributed by atoms with Crippen molar-refractivity contribution in [2.24, 2.45) is 5.92 Å². The Labute approximate surface area is 97.5 Å². The molecule has 1 aliphatic rings. The highest BCUT2D eigenvalue weighted by molar-refractivity contribution is 5.88. The molecule has 1 fully saturated rings. The van der Waals surface area contributed by atoms with Gasteiger partial charge in [0, 0.05) is 0 Å². The summed E-state index contributed by atoms with van der Waals surface area (Å²) >= 11 is 0. The van der Waals surface area contributed by atoms with Crippen molar-refractivity contribution in [2.75, 3.05) is 7.11 Å². The van der Waals surface area contributed by atoms with E-state index >= 15 is 0 Å². The smallest absolute Gasteiger partial charge is 0.390 e. The minimum Gasteiger partial charge on any atom is -0.464 e. The van der Waals surface area contributed by atoms with Crippen LogP contribution in [-0.4, -0.2) is 27.8 Å². The van der Waals surface area contributed by atoms with Gasteiger partial charge in [0.05, 0.1) is 24.8 Å². The molecule has 7 heteroatoms. The molecule has 0 aromatic carbocycles. The number of carbonyl (C=O) groups excluding carboxylic acids is 1. The Bertz CT molecular complexity index is 450. The fourth-order valence-electron chi connectivity index (χ4n) is 1.64. The summed E-state index contributed by atoms with van der Waals surface area (Å²) in [6, 6.07) is 1.15. The Morgan fingerprint density at radius 3 is 2.94 bits per heavy atom. The predicted molar refractivity (Wildman–Crippen MR) is 57.6 cm³/mol. The number of aromatic nitrogens is 2. The third-order valence-corrected chi connectivity index (χ3v) is 2.79. The highest BCUT2D eigenvalue weighted by Crippen LogP contribution is 2.33. The summed E-state index contributed by atoms with van der Waals surface area (Å²) in [6.07, 6.45) is 3.27. The second-order valence-electron chi connectivity index (χ2n) is 4.09. The molecule has 1 aromatic rings. The lowest BCUT2D eigenvalue weighted by Crippen LogP contribution is -2.12. The van der Waals surface area contributed by atoms with Crippen molar-refractivity contribution in [1.29, 1.82) is 0 Å². The Morgan fingerprint density at radius 2 is 2.41 bits per heavy atom. The predicted octanol–water partition coefficient (Wildman–Crippen LogP) is 1.38. The molecule has 17 heavy (non-hydrogen) atoms. The molecule has 0 aliphatic heterocycles. The van der Waals surface area contributed by atoms with Gasteiger partial charge >= 0.3 is 11.8 Å². The van der Waals surface area contributed by atoms with E-state index < -0.39 is 10.9 Å².